The summed E-state index contributed by atoms with van der Waals surface area (Å²) in [6.45, 7) is 0.837. The number of rotatable bonds is 3. The zero-order valence-electron chi connectivity index (χ0n) is 13.1. The van der Waals surface area contributed by atoms with Crippen molar-refractivity contribution in [2.45, 2.75) is 0 Å². The van der Waals surface area contributed by atoms with Crippen LogP contribution in [0.2, 0.25) is 0 Å². The summed E-state index contributed by atoms with van der Waals surface area (Å²) in [6.07, 6.45) is 11.9. The van der Waals surface area contributed by atoms with Crippen LogP contribution < -0.4 is 4.90 Å². The van der Waals surface area contributed by atoms with Crippen LogP contribution in [-0.4, -0.2) is 21.5 Å². The predicted octanol–water partition coefficient (Wildman–Crippen LogP) is 4.10. The molecule has 0 saturated carbocycles. The van der Waals surface area contributed by atoms with Crippen molar-refractivity contribution in [3.05, 3.63) is 85.4 Å². The lowest BCUT2D eigenvalue weighted by Gasteiger charge is -2.22. The van der Waals surface area contributed by atoms with Gasteiger partial charge >= 0.3 is 0 Å². The number of allylic oxidation sites excluding steroid dienone is 2. The first-order valence-corrected chi connectivity index (χ1v) is 7.85. The lowest BCUT2D eigenvalue weighted by Crippen LogP contribution is -2.17. The summed E-state index contributed by atoms with van der Waals surface area (Å²) >= 11 is 0. The second-order valence-corrected chi connectivity index (χ2v) is 5.45. The molecule has 24 heavy (non-hydrogen) atoms. The molecule has 4 heterocycles. The standard InChI is InChI=1S/C20H16N4/c1-6-12-24(13-7-1)16-14-19(17-8-2-4-10-21-17)23-20(15-16)18-9-3-5-11-22-18/h1-12,14-15H,13H2. The Kier molecular flexibility index (Phi) is 3.86. The molecule has 0 radical (unpaired) electrons. The summed E-state index contributed by atoms with van der Waals surface area (Å²) in [5.41, 5.74) is 4.47. The Hall–Kier alpha value is -3.27. The summed E-state index contributed by atoms with van der Waals surface area (Å²) < 4.78 is 0. The van der Waals surface area contributed by atoms with Crippen molar-refractivity contribution in [2.75, 3.05) is 11.4 Å². The van der Waals surface area contributed by atoms with Crippen LogP contribution in [0.15, 0.2) is 85.4 Å². The average molecular weight is 312 g/mol. The van der Waals surface area contributed by atoms with Crippen LogP contribution in [0.4, 0.5) is 5.69 Å². The number of nitrogens with zero attached hydrogens (tertiary/aromatic N) is 4. The van der Waals surface area contributed by atoms with Crippen LogP contribution in [0.3, 0.4) is 0 Å². The molecule has 0 fully saturated rings. The van der Waals surface area contributed by atoms with Gasteiger partial charge in [0.05, 0.1) is 22.8 Å². The maximum Gasteiger partial charge on any atom is 0.0915 e. The minimum absolute atomic E-state index is 0.837. The summed E-state index contributed by atoms with van der Waals surface area (Å²) in [5.74, 6) is 0. The first-order chi connectivity index (χ1) is 11.9. The van der Waals surface area contributed by atoms with Gasteiger partial charge in [0.2, 0.25) is 0 Å². The molecule has 3 aromatic rings. The van der Waals surface area contributed by atoms with Crippen LogP contribution >= 0.6 is 0 Å². The van der Waals surface area contributed by atoms with E-state index in [-0.39, 0.29) is 0 Å². The summed E-state index contributed by atoms with van der Waals surface area (Å²) in [4.78, 5) is 15.8. The van der Waals surface area contributed by atoms with E-state index < -0.39 is 0 Å². The third-order valence-corrected chi connectivity index (χ3v) is 3.81. The average Bonchev–Trinajstić information content (AvgIpc) is 2.70. The second-order valence-electron chi connectivity index (χ2n) is 5.45. The van der Waals surface area contributed by atoms with E-state index in [0.717, 1.165) is 35.0 Å². The van der Waals surface area contributed by atoms with E-state index in [1.54, 1.807) is 12.4 Å². The van der Waals surface area contributed by atoms with E-state index in [4.69, 9.17) is 4.98 Å². The topological polar surface area (TPSA) is 41.9 Å². The fraction of sp³-hybridized carbons (Fsp3) is 0.0500. The summed E-state index contributed by atoms with van der Waals surface area (Å²) in [6, 6.07) is 15.8. The molecular weight excluding hydrogens is 296 g/mol. The smallest absolute Gasteiger partial charge is 0.0915 e. The first kappa shape index (κ1) is 14.3. The quantitative estimate of drug-likeness (QED) is 0.730. The maximum absolute atomic E-state index is 4.77. The van der Waals surface area contributed by atoms with E-state index in [2.05, 4.69) is 45.4 Å². The molecule has 0 bridgehead atoms. The van der Waals surface area contributed by atoms with E-state index in [1.165, 1.54) is 0 Å². The number of anilines is 1. The molecule has 0 unspecified atom stereocenters. The van der Waals surface area contributed by atoms with Gasteiger partial charge in [0, 0.05) is 30.8 Å². The normalized spacial score (nSPS) is 13.2. The predicted molar refractivity (Wildman–Crippen MR) is 96.3 cm³/mol. The lowest BCUT2D eigenvalue weighted by atomic mass is 10.1. The third-order valence-electron chi connectivity index (χ3n) is 3.81. The largest absolute Gasteiger partial charge is 0.344 e. The Bertz CT molecular complexity index is 828. The monoisotopic (exact) mass is 312 g/mol. The van der Waals surface area contributed by atoms with Crippen molar-refractivity contribution < 1.29 is 0 Å². The molecule has 116 valence electrons. The minimum Gasteiger partial charge on any atom is -0.344 e. The SMILES string of the molecule is C1=CCN(c2cc(-c3ccccn3)nc(-c3ccccn3)c2)C=C1. The van der Waals surface area contributed by atoms with Crippen molar-refractivity contribution in [3.8, 4) is 22.8 Å². The second kappa shape index (κ2) is 6.46. The zero-order chi connectivity index (χ0) is 16.2. The molecule has 0 aliphatic carbocycles. The highest BCUT2D eigenvalue weighted by atomic mass is 15.1. The van der Waals surface area contributed by atoms with Crippen LogP contribution in [0, 0.1) is 0 Å². The first-order valence-electron chi connectivity index (χ1n) is 7.85. The van der Waals surface area contributed by atoms with Gasteiger partial charge in [-0.15, -0.1) is 0 Å². The van der Waals surface area contributed by atoms with Crippen molar-refractivity contribution in [1.29, 1.82) is 0 Å². The summed E-state index contributed by atoms with van der Waals surface area (Å²) in [5, 5.41) is 0. The van der Waals surface area contributed by atoms with Crippen LogP contribution in [0.25, 0.3) is 22.8 Å². The van der Waals surface area contributed by atoms with E-state index in [0.29, 0.717) is 0 Å². The molecule has 4 nitrogen and oxygen atoms in total. The van der Waals surface area contributed by atoms with Gasteiger partial charge in [-0.25, -0.2) is 4.98 Å². The Morgan fingerprint density at radius 3 is 1.92 bits per heavy atom. The fourth-order valence-corrected chi connectivity index (χ4v) is 2.63. The number of aromatic nitrogens is 3. The van der Waals surface area contributed by atoms with E-state index in [1.807, 2.05) is 42.5 Å². The Labute approximate surface area is 140 Å². The highest BCUT2D eigenvalue weighted by Crippen LogP contribution is 2.28. The van der Waals surface area contributed by atoms with Crippen LogP contribution in [0.5, 0.6) is 0 Å². The Morgan fingerprint density at radius 1 is 0.750 bits per heavy atom. The molecule has 3 aromatic heterocycles. The highest BCUT2D eigenvalue weighted by molar-refractivity contribution is 5.70. The third kappa shape index (κ3) is 2.94. The van der Waals surface area contributed by atoms with E-state index >= 15 is 0 Å². The number of pyridine rings is 3. The molecule has 1 aliphatic heterocycles. The van der Waals surface area contributed by atoms with E-state index in [9.17, 15) is 0 Å². The molecule has 0 spiro atoms. The van der Waals surface area contributed by atoms with Crippen molar-refractivity contribution in [2.24, 2.45) is 0 Å². The maximum atomic E-state index is 4.77. The van der Waals surface area contributed by atoms with Gasteiger partial charge in [-0.3, -0.25) is 9.97 Å². The molecule has 0 atom stereocenters. The zero-order valence-corrected chi connectivity index (χ0v) is 13.1. The van der Waals surface area contributed by atoms with Gasteiger partial charge in [0.25, 0.3) is 0 Å². The fourth-order valence-electron chi connectivity index (χ4n) is 2.63. The molecule has 0 amide bonds. The highest BCUT2D eigenvalue weighted by Gasteiger charge is 2.12. The number of hydrogen-bond acceptors (Lipinski definition) is 4. The lowest BCUT2D eigenvalue weighted by molar-refractivity contribution is 1.07. The van der Waals surface area contributed by atoms with Gasteiger partial charge in [0.15, 0.2) is 0 Å². The van der Waals surface area contributed by atoms with Gasteiger partial charge in [-0.2, -0.15) is 0 Å². The summed E-state index contributed by atoms with van der Waals surface area (Å²) in [7, 11) is 0. The molecule has 4 heteroatoms. The van der Waals surface area contributed by atoms with Gasteiger partial charge in [-0.1, -0.05) is 24.3 Å². The Morgan fingerprint density at radius 2 is 1.42 bits per heavy atom. The minimum atomic E-state index is 0.837. The molecule has 1 aliphatic rings. The van der Waals surface area contributed by atoms with Crippen molar-refractivity contribution >= 4 is 5.69 Å². The molecule has 4 rings (SSSR count). The van der Waals surface area contributed by atoms with Crippen LogP contribution in [-0.2, 0) is 0 Å². The molecular formula is C20H16N4. The molecule has 0 N–H and O–H groups in total. The van der Waals surface area contributed by atoms with Gasteiger partial charge < -0.3 is 4.90 Å². The molecule has 0 aromatic carbocycles. The van der Waals surface area contributed by atoms with Crippen molar-refractivity contribution in [3.63, 3.8) is 0 Å². The Balaban J connectivity index is 1.85. The van der Waals surface area contributed by atoms with Gasteiger partial charge in [-0.05, 0) is 42.5 Å². The van der Waals surface area contributed by atoms with Gasteiger partial charge in [0.1, 0.15) is 0 Å². The van der Waals surface area contributed by atoms with Crippen LogP contribution in [0.1, 0.15) is 0 Å². The molecule has 0 saturated heterocycles. The number of hydrogen-bond donors (Lipinski definition) is 0. The van der Waals surface area contributed by atoms with Crippen molar-refractivity contribution in [1.82, 2.24) is 15.0 Å².